The molecule has 4 nitrogen and oxygen atoms in total. The molecule has 0 aliphatic heterocycles. The summed E-state index contributed by atoms with van der Waals surface area (Å²) in [5.74, 6) is -0.660. The first-order valence-corrected chi connectivity index (χ1v) is 6.20. The Kier molecular flexibility index (Phi) is 24.0. The van der Waals surface area contributed by atoms with Gasteiger partial charge in [-0.3, -0.25) is 0 Å². The largest absolute Gasteiger partial charge is 0.463 e. The van der Waals surface area contributed by atoms with Crippen molar-refractivity contribution in [3.05, 3.63) is 25.3 Å². The van der Waals surface area contributed by atoms with Crippen molar-refractivity contribution >= 4 is 35.8 Å². The first-order chi connectivity index (χ1) is 8.62. The van der Waals surface area contributed by atoms with Crippen LogP contribution in [0.1, 0.15) is 39.5 Å². The molecule has 0 spiro atoms. The number of hydrogen-bond acceptors (Lipinski definition) is 4. The van der Waals surface area contributed by atoms with Gasteiger partial charge in [-0.1, -0.05) is 39.8 Å². The van der Waals surface area contributed by atoms with E-state index in [0.29, 0.717) is 13.2 Å². The SMILES string of the molecule is C=CC(=O)OCCCC.C=CC(=O)OCCCC.[Sn]. The second-order valence-corrected chi connectivity index (χ2v) is 3.45. The van der Waals surface area contributed by atoms with Gasteiger partial charge >= 0.3 is 11.9 Å². The van der Waals surface area contributed by atoms with Gasteiger partial charge in [-0.25, -0.2) is 9.59 Å². The molecule has 0 unspecified atom stereocenters. The normalized spacial score (nSPS) is 8.11. The summed E-state index contributed by atoms with van der Waals surface area (Å²) in [5, 5.41) is 0. The Balaban J connectivity index is -0.000000256. The van der Waals surface area contributed by atoms with Gasteiger partial charge in [-0.15, -0.1) is 0 Å². The van der Waals surface area contributed by atoms with Crippen LogP contribution in [0.2, 0.25) is 0 Å². The number of unbranched alkanes of at least 4 members (excludes halogenated alkanes) is 2. The van der Waals surface area contributed by atoms with Crippen LogP contribution in [0.4, 0.5) is 0 Å². The fourth-order valence-corrected chi connectivity index (χ4v) is 0.752. The molecular formula is C14H24O4Sn. The molecule has 0 N–H and O–H groups in total. The Hall–Kier alpha value is -0.781. The molecule has 0 aromatic carbocycles. The molecule has 0 aromatic rings. The zero-order valence-electron chi connectivity index (χ0n) is 11.9. The fourth-order valence-electron chi connectivity index (χ4n) is 0.752. The number of hydrogen-bond donors (Lipinski definition) is 0. The van der Waals surface area contributed by atoms with Crippen LogP contribution in [0, 0.1) is 0 Å². The second-order valence-electron chi connectivity index (χ2n) is 3.45. The quantitative estimate of drug-likeness (QED) is 0.283. The number of carbonyl (C=O) groups excluding carboxylic acids is 2. The smallest absolute Gasteiger partial charge is 0.330 e. The monoisotopic (exact) mass is 376 g/mol. The van der Waals surface area contributed by atoms with Crippen molar-refractivity contribution in [3.8, 4) is 0 Å². The second kappa shape index (κ2) is 19.6. The number of rotatable bonds is 8. The summed E-state index contributed by atoms with van der Waals surface area (Å²) in [5.41, 5.74) is 0. The van der Waals surface area contributed by atoms with E-state index in [0.717, 1.165) is 25.7 Å². The van der Waals surface area contributed by atoms with E-state index in [2.05, 4.69) is 22.6 Å². The molecule has 0 amide bonds. The van der Waals surface area contributed by atoms with Gasteiger partial charge in [0.2, 0.25) is 0 Å². The topological polar surface area (TPSA) is 52.6 Å². The van der Waals surface area contributed by atoms with E-state index in [1.54, 1.807) is 0 Å². The number of ether oxygens (including phenoxy) is 2. The van der Waals surface area contributed by atoms with Crippen molar-refractivity contribution in [3.63, 3.8) is 0 Å². The molecule has 0 aromatic heterocycles. The molecule has 19 heavy (non-hydrogen) atoms. The van der Waals surface area contributed by atoms with Crippen LogP contribution in [0.15, 0.2) is 25.3 Å². The third kappa shape index (κ3) is 22.8. The van der Waals surface area contributed by atoms with Gasteiger partial charge in [0.05, 0.1) is 13.2 Å². The molecule has 108 valence electrons. The molecule has 0 rings (SSSR count). The molecule has 4 radical (unpaired) electrons. The minimum absolute atomic E-state index is 0. The van der Waals surface area contributed by atoms with Crippen molar-refractivity contribution in [2.75, 3.05) is 13.2 Å². The van der Waals surface area contributed by atoms with Crippen LogP contribution in [0.25, 0.3) is 0 Å². The Morgan fingerprint density at radius 3 is 1.42 bits per heavy atom. The molecule has 0 saturated carbocycles. The van der Waals surface area contributed by atoms with E-state index >= 15 is 0 Å². The average Bonchev–Trinajstić information content (AvgIpc) is 2.39. The van der Waals surface area contributed by atoms with Crippen LogP contribution in [-0.2, 0) is 19.1 Å². The Labute approximate surface area is 133 Å². The maximum absolute atomic E-state index is 10.3. The van der Waals surface area contributed by atoms with Gasteiger partial charge in [0, 0.05) is 36.1 Å². The molecule has 0 aliphatic carbocycles. The van der Waals surface area contributed by atoms with Crippen LogP contribution in [-0.4, -0.2) is 49.1 Å². The predicted molar refractivity (Wildman–Crippen MR) is 77.9 cm³/mol. The summed E-state index contributed by atoms with van der Waals surface area (Å²) in [7, 11) is 0. The molecule has 0 atom stereocenters. The maximum Gasteiger partial charge on any atom is 0.330 e. The van der Waals surface area contributed by atoms with Gasteiger partial charge in [0.25, 0.3) is 0 Å². The third-order valence-corrected chi connectivity index (χ3v) is 1.82. The van der Waals surface area contributed by atoms with Gasteiger partial charge in [-0.05, 0) is 12.8 Å². The van der Waals surface area contributed by atoms with E-state index in [1.165, 1.54) is 12.2 Å². The molecule has 5 heteroatoms. The molecule has 0 saturated heterocycles. The summed E-state index contributed by atoms with van der Waals surface area (Å²) in [4.78, 5) is 20.7. The van der Waals surface area contributed by atoms with Crippen LogP contribution in [0.5, 0.6) is 0 Å². The molecule has 0 heterocycles. The van der Waals surface area contributed by atoms with Gasteiger partial charge in [0.15, 0.2) is 0 Å². The summed E-state index contributed by atoms with van der Waals surface area (Å²) in [6, 6.07) is 0. The van der Waals surface area contributed by atoms with Crippen molar-refractivity contribution in [1.82, 2.24) is 0 Å². The molecule has 0 aliphatic rings. The van der Waals surface area contributed by atoms with Gasteiger partial charge < -0.3 is 9.47 Å². The molecule has 0 bridgehead atoms. The summed E-state index contributed by atoms with van der Waals surface area (Å²) >= 11 is 0. The number of esters is 2. The van der Waals surface area contributed by atoms with Gasteiger partial charge in [-0.2, -0.15) is 0 Å². The first-order valence-electron chi connectivity index (χ1n) is 6.20. The van der Waals surface area contributed by atoms with Crippen LogP contribution in [0.3, 0.4) is 0 Å². The maximum atomic E-state index is 10.3. The number of carbonyl (C=O) groups is 2. The summed E-state index contributed by atoms with van der Waals surface area (Å²) in [6.07, 6.45) is 6.30. The fraction of sp³-hybridized carbons (Fsp3) is 0.571. The van der Waals surface area contributed by atoms with Crippen molar-refractivity contribution in [1.29, 1.82) is 0 Å². The zero-order valence-corrected chi connectivity index (χ0v) is 14.8. The van der Waals surface area contributed by atoms with E-state index < -0.39 is 0 Å². The van der Waals surface area contributed by atoms with Gasteiger partial charge in [0.1, 0.15) is 0 Å². The van der Waals surface area contributed by atoms with E-state index in [9.17, 15) is 9.59 Å². The minimum Gasteiger partial charge on any atom is -0.463 e. The van der Waals surface area contributed by atoms with E-state index in [-0.39, 0.29) is 35.8 Å². The standard InChI is InChI=1S/2C7H12O2.Sn/c2*1-3-5-6-9-7(8)4-2;/h2*4H,2-3,5-6H2,1H3;. The van der Waals surface area contributed by atoms with Crippen LogP contribution >= 0.6 is 0 Å². The zero-order chi connectivity index (χ0) is 14.2. The molecular weight excluding hydrogens is 351 g/mol. The third-order valence-electron chi connectivity index (χ3n) is 1.82. The van der Waals surface area contributed by atoms with Crippen LogP contribution < -0.4 is 0 Å². The molecule has 0 fully saturated rings. The Bertz CT molecular complexity index is 226. The van der Waals surface area contributed by atoms with Crippen molar-refractivity contribution < 1.29 is 19.1 Å². The van der Waals surface area contributed by atoms with E-state index in [1.807, 2.05) is 13.8 Å². The predicted octanol–water partition coefficient (Wildman–Crippen LogP) is 2.65. The van der Waals surface area contributed by atoms with Crippen molar-refractivity contribution in [2.24, 2.45) is 0 Å². The Morgan fingerprint density at radius 1 is 0.895 bits per heavy atom. The Morgan fingerprint density at radius 2 is 1.21 bits per heavy atom. The first kappa shape index (κ1) is 23.3. The summed E-state index contributed by atoms with van der Waals surface area (Å²) < 4.78 is 9.35. The van der Waals surface area contributed by atoms with E-state index in [4.69, 9.17) is 0 Å². The van der Waals surface area contributed by atoms with Crippen molar-refractivity contribution in [2.45, 2.75) is 39.5 Å². The summed E-state index contributed by atoms with van der Waals surface area (Å²) in [6.45, 7) is 11.6. The average molecular weight is 375 g/mol. The minimum atomic E-state index is -0.330.